The van der Waals surface area contributed by atoms with E-state index in [1.807, 2.05) is 0 Å². The van der Waals surface area contributed by atoms with Crippen LogP contribution in [-0.4, -0.2) is 26.3 Å². The lowest BCUT2D eigenvalue weighted by atomic mass is 10.3. The minimum atomic E-state index is -0.268. The SMILES string of the molecule is O=C(Nc1cccc(Oc2cccnn2)c1)c1nnc(C2CC2)s1. The Morgan fingerprint density at radius 3 is 2.88 bits per heavy atom. The van der Waals surface area contributed by atoms with Crippen LogP contribution in [0.2, 0.25) is 0 Å². The summed E-state index contributed by atoms with van der Waals surface area (Å²) in [5, 5.41) is 19.8. The quantitative estimate of drug-likeness (QED) is 0.767. The molecule has 0 unspecified atom stereocenters. The van der Waals surface area contributed by atoms with E-state index in [4.69, 9.17) is 4.74 Å². The molecule has 0 aliphatic heterocycles. The van der Waals surface area contributed by atoms with Gasteiger partial charge in [0.15, 0.2) is 0 Å². The molecule has 120 valence electrons. The molecule has 8 heteroatoms. The third kappa shape index (κ3) is 3.38. The molecule has 2 heterocycles. The number of aromatic nitrogens is 4. The van der Waals surface area contributed by atoms with Gasteiger partial charge < -0.3 is 10.1 Å². The molecule has 0 bridgehead atoms. The van der Waals surface area contributed by atoms with Gasteiger partial charge in [0.25, 0.3) is 5.91 Å². The first-order valence-corrected chi connectivity index (χ1v) is 8.30. The summed E-state index contributed by atoms with van der Waals surface area (Å²) in [4.78, 5) is 12.3. The first kappa shape index (κ1) is 14.7. The molecule has 0 radical (unpaired) electrons. The number of carbonyl (C=O) groups excluding carboxylic acids is 1. The molecule has 1 aliphatic carbocycles. The predicted octanol–water partition coefficient (Wildman–Crippen LogP) is 3.25. The monoisotopic (exact) mass is 339 g/mol. The van der Waals surface area contributed by atoms with Crippen molar-refractivity contribution in [2.45, 2.75) is 18.8 Å². The van der Waals surface area contributed by atoms with Crippen LogP contribution in [0.5, 0.6) is 11.6 Å². The van der Waals surface area contributed by atoms with Gasteiger partial charge in [-0.05, 0) is 31.0 Å². The van der Waals surface area contributed by atoms with Gasteiger partial charge in [-0.1, -0.05) is 17.4 Å². The minimum Gasteiger partial charge on any atom is -0.437 e. The van der Waals surface area contributed by atoms with Crippen molar-refractivity contribution in [3.05, 3.63) is 52.6 Å². The number of rotatable bonds is 5. The van der Waals surface area contributed by atoms with Crippen molar-refractivity contribution in [1.82, 2.24) is 20.4 Å². The van der Waals surface area contributed by atoms with Gasteiger partial charge in [0.2, 0.25) is 10.9 Å². The van der Waals surface area contributed by atoms with Crippen LogP contribution in [0.15, 0.2) is 42.6 Å². The van der Waals surface area contributed by atoms with Gasteiger partial charge in [-0.25, -0.2) is 0 Å². The maximum atomic E-state index is 12.3. The second-order valence-corrected chi connectivity index (χ2v) is 6.37. The van der Waals surface area contributed by atoms with Gasteiger partial charge in [-0.3, -0.25) is 4.79 Å². The number of hydrogen-bond donors (Lipinski definition) is 1. The van der Waals surface area contributed by atoms with Crippen LogP contribution in [-0.2, 0) is 0 Å². The van der Waals surface area contributed by atoms with Gasteiger partial charge in [0.05, 0.1) is 0 Å². The number of hydrogen-bond acceptors (Lipinski definition) is 7. The van der Waals surface area contributed by atoms with E-state index in [2.05, 4.69) is 25.7 Å². The molecule has 7 nitrogen and oxygen atoms in total. The van der Waals surface area contributed by atoms with Crippen LogP contribution >= 0.6 is 11.3 Å². The zero-order valence-corrected chi connectivity index (χ0v) is 13.4. The van der Waals surface area contributed by atoms with Crippen molar-refractivity contribution in [1.29, 1.82) is 0 Å². The molecule has 24 heavy (non-hydrogen) atoms. The molecule has 1 aromatic carbocycles. The summed E-state index contributed by atoms with van der Waals surface area (Å²) >= 11 is 1.35. The lowest BCUT2D eigenvalue weighted by molar-refractivity contribution is 0.102. The van der Waals surface area contributed by atoms with Crippen molar-refractivity contribution in [2.75, 3.05) is 5.32 Å². The van der Waals surface area contributed by atoms with E-state index in [1.54, 1.807) is 42.6 Å². The number of amides is 1. The van der Waals surface area contributed by atoms with E-state index < -0.39 is 0 Å². The molecule has 0 saturated heterocycles. The average molecular weight is 339 g/mol. The van der Waals surface area contributed by atoms with E-state index in [0.29, 0.717) is 28.2 Å². The Kier molecular flexibility index (Phi) is 3.87. The van der Waals surface area contributed by atoms with Crippen LogP contribution < -0.4 is 10.1 Å². The second-order valence-electron chi connectivity index (χ2n) is 5.37. The Labute approximate surface area is 141 Å². The number of anilines is 1. The van der Waals surface area contributed by atoms with Gasteiger partial charge in [-0.15, -0.1) is 15.3 Å². The maximum absolute atomic E-state index is 12.3. The maximum Gasteiger partial charge on any atom is 0.286 e. The average Bonchev–Trinajstić information content (AvgIpc) is 3.33. The Balaban J connectivity index is 1.45. The number of nitrogens with zero attached hydrogens (tertiary/aromatic N) is 4. The zero-order chi connectivity index (χ0) is 16.4. The first-order chi connectivity index (χ1) is 11.8. The lowest BCUT2D eigenvalue weighted by Crippen LogP contribution is -2.11. The first-order valence-electron chi connectivity index (χ1n) is 7.48. The van der Waals surface area contributed by atoms with Crippen LogP contribution in [0.3, 0.4) is 0 Å². The van der Waals surface area contributed by atoms with E-state index in [1.165, 1.54) is 11.3 Å². The summed E-state index contributed by atoms with van der Waals surface area (Å²) in [7, 11) is 0. The summed E-state index contributed by atoms with van der Waals surface area (Å²) < 4.78 is 5.60. The molecule has 0 atom stereocenters. The molecular formula is C16H13N5O2S. The number of carbonyl (C=O) groups is 1. The van der Waals surface area contributed by atoms with E-state index in [-0.39, 0.29) is 5.91 Å². The number of nitrogens with one attached hydrogen (secondary N) is 1. The summed E-state index contributed by atoms with van der Waals surface area (Å²) in [6.07, 6.45) is 3.84. The Bertz CT molecular complexity index is 864. The summed E-state index contributed by atoms with van der Waals surface area (Å²) in [5.74, 6) is 1.17. The van der Waals surface area contributed by atoms with Crippen molar-refractivity contribution in [2.24, 2.45) is 0 Å². The highest BCUT2D eigenvalue weighted by Crippen LogP contribution is 2.41. The summed E-state index contributed by atoms with van der Waals surface area (Å²) in [6, 6.07) is 10.5. The van der Waals surface area contributed by atoms with Crippen LogP contribution in [0.25, 0.3) is 0 Å². The Morgan fingerprint density at radius 1 is 1.17 bits per heavy atom. The third-order valence-corrected chi connectivity index (χ3v) is 4.51. The molecule has 1 fully saturated rings. The largest absolute Gasteiger partial charge is 0.437 e. The fourth-order valence-electron chi connectivity index (χ4n) is 2.11. The van der Waals surface area contributed by atoms with E-state index >= 15 is 0 Å². The molecule has 1 amide bonds. The van der Waals surface area contributed by atoms with Crippen molar-refractivity contribution in [3.63, 3.8) is 0 Å². The number of benzene rings is 1. The van der Waals surface area contributed by atoms with Gasteiger partial charge in [0.1, 0.15) is 10.8 Å². The van der Waals surface area contributed by atoms with Gasteiger partial charge >= 0.3 is 0 Å². The van der Waals surface area contributed by atoms with Gasteiger partial charge in [-0.2, -0.15) is 5.10 Å². The highest BCUT2D eigenvalue weighted by atomic mass is 32.1. The van der Waals surface area contributed by atoms with Gasteiger partial charge in [0, 0.05) is 29.9 Å². The molecule has 1 N–H and O–H groups in total. The van der Waals surface area contributed by atoms with Crippen molar-refractivity contribution < 1.29 is 9.53 Å². The Hall–Kier alpha value is -2.87. The van der Waals surface area contributed by atoms with E-state index in [0.717, 1.165) is 17.8 Å². The minimum absolute atomic E-state index is 0.268. The van der Waals surface area contributed by atoms with Crippen LogP contribution in [0.4, 0.5) is 5.69 Å². The van der Waals surface area contributed by atoms with Crippen LogP contribution in [0, 0.1) is 0 Å². The highest BCUT2D eigenvalue weighted by molar-refractivity contribution is 7.13. The molecule has 1 aliphatic rings. The zero-order valence-electron chi connectivity index (χ0n) is 12.5. The predicted molar refractivity (Wildman–Crippen MR) is 88.4 cm³/mol. The lowest BCUT2D eigenvalue weighted by Gasteiger charge is -2.06. The third-order valence-electron chi connectivity index (χ3n) is 3.42. The normalized spacial score (nSPS) is 13.5. The fourth-order valence-corrected chi connectivity index (χ4v) is 3.01. The van der Waals surface area contributed by atoms with Crippen molar-refractivity contribution >= 4 is 22.9 Å². The molecule has 0 spiro atoms. The standard InChI is InChI=1S/C16H13N5O2S/c22-14(16-21-20-15(24-16)10-6-7-10)18-11-3-1-4-12(9-11)23-13-5-2-8-17-19-13/h1-5,8-10H,6-7H2,(H,18,22). The summed E-state index contributed by atoms with van der Waals surface area (Å²) in [5.41, 5.74) is 0.615. The Morgan fingerprint density at radius 2 is 2.08 bits per heavy atom. The van der Waals surface area contributed by atoms with E-state index in [9.17, 15) is 4.79 Å². The highest BCUT2D eigenvalue weighted by Gasteiger charge is 2.28. The topological polar surface area (TPSA) is 89.9 Å². The fraction of sp³-hybridized carbons (Fsp3) is 0.188. The van der Waals surface area contributed by atoms with Crippen molar-refractivity contribution in [3.8, 4) is 11.6 Å². The number of ether oxygens (including phenoxy) is 1. The molecule has 4 rings (SSSR count). The molecular weight excluding hydrogens is 326 g/mol. The molecule has 1 saturated carbocycles. The summed E-state index contributed by atoms with van der Waals surface area (Å²) in [6.45, 7) is 0. The van der Waals surface area contributed by atoms with Crippen LogP contribution in [0.1, 0.15) is 33.6 Å². The smallest absolute Gasteiger partial charge is 0.286 e. The molecule has 3 aromatic rings. The molecule has 2 aromatic heterocycles. The second kappa shape index (κ2) is 6.32.